The number of rotatable bonds is 1. The van der Waals surface area contributed by atoms with Crippen molar-refractivity contribution < 1.29 is 9.53 Å². The second-order valence-corrected chi connectivity index (χ2v) is 3.21. The number of halogens is 1. The molecule has 0 aromatic carbocycles. The molecule has 1 atom stereocenters. The molecule has 78 valence electrons. The lowest BCUT2D eigenvalue weighted by Crippen LogP contribution is -2.36. The van der Waals surface area contributed by atoms with Crippen molar-refractivity contribution in [1.29, 1.82) is 0 Å². The lowest BCUT2D eigenvalue weighted by Gasteiger charge is -2.17. The molecule has 4 nitrogen and oxygen atoms in total. The largest absolute Gasteiger partial charge is 0.379 e. The van der Waals surface area contributed by atoms with Gasteiger partial charge >= 0.3 is 0 Å². The fraction of sp³-hybridized carbons (Fsp3) is 0.875. The van der Waals surface area contributed by atoms with Crippen LogP contribution in [0.25, 0.3) is 0 Å². The summed E-state index contributed by atoms with van der Waals surface area (Å²) in [5.41, 5.74) is 0. The van der Waals surface area contributed by atoms with Crippen molar-refractivity contribution in [3.8, 4) is 0 Å². The Morgan fingerprint density at radius 1 is 1.54 bits per heavy atom. The van der Waals surface area contributed by atoms with Crippen molar-refractivity contribution in [2.45, 2.75) is 0 Å². The number of carbonyl (C=O) groups excluding carboxylic acids is 1. The van der Waals surface area contributed by atoms with Gasteiger partial charge in [0.15, 0.2) is 0 Å². The molecule has 1 rings (SSSR count). The zero-order valence-corrected chi connectivity index (χ0v) is 8.89. The second kappa shape index (κ2) is 6.18. The van der Waals surface area contributed by atoms with E-state index in [0.29, 0.717) is 13.2 Å². The van der Waals surface area contributed by atoms with E-state index in [1.165, 1.54) is 0 Å². The van der Waals surface area contributed by atoms with Gasteiger partial charge in [0.25, 0.3) is 0 Å². The van der Waals surface area contributed by atoms with Gasteiger partial charge in [0.1, 0.15) is 0 Å². The highest BCUT2D eigenvalue weighted by atomic mass is 35.5. The molecule has 1 heterocycles. The summed E-state index contributed by atoms with van der Waals surface area (Å²) in [6.45, 7) is 2.83. The fourth-order valence-corrected chi connectivity index (χ4v) is 1.23. The van der Waals surface area contributed by atoms with E-state index in [2.05, 4.69) is 5.32 Å². The monoisotopic (exact) mass is 208 g/mol. The Morgan fingerprint density at radius 2 is 2.23 bits per heavy atom. The third-order valence-corrected chi connectivity index (χ3v) is 1.92. The Balaban J connectivity index is 0.00000144. The molecule has 0 saturated carbocycles. The molecule has 1 amide bonds. The van der Waals surface area contributed by atoms with Gasteiger partial charge in [-0.05, 0) is 0 Å². The van der Waals surface area contributed by atoms with E-state index in [-0.39, 0.29) is 24.2 Å². The number of nitrogens with zero attached hydrogens (tertiary/aromatic N) is 1. The summed E-state index contributed by atoms with van der Waals surface area (Å²) in [7, 11) is 3.54. The van der Waals surface area contributed by atoms with Crippen molar-refractivity contribution in [2.24, 2.45) is 5.92 Å². The topological polar surface area (TPSA) is 41.6 Å². The van der Waals surface area contributed by atoms with Crippen molar-refractivity contribution in [2.75, 3.05) is 40.4 Å². The molecule has 0 aromatic heterocycles. The van der Waals surface area contributed by atoms with E-state index in [4.69, 9.17) is 4.74 Å². The molecule has 1 saturated heterocycles. The summed E-state index contributed by atoms with van der Waals surface area (Å²) in [5, 5.41) is 3.16. The average Bonchev–Trinajstić information content (AvgIpc) is 2.30. The van der Waals surface area contributed by atoms with Crippen LogP contribution in [-0.2, 0) is 9.53 Å². The maximum absolute atomic E-state index is 11.5. The molecule has 5 heteroatoms. The molecule has 0 bridgehead atoms. The minimum Gasteiger partial charge on any atom is -0.379 e. The van der Waals surface area contributed by atoms with Crippen molar-refractivity contribution in [3.63, 3.8) is 0 Å². The fourth-order valence-electron chi connectivity index (χ4n) is 1.23. The number of hydrogen-bond acceptors (Lipinski definition) is 3. The highest BCUT2D eigenvalue weighted by Gasteiger charge is 2.21. The number of ether oxygens (including phenoxy) is 1. The summed E-state index contributed by atoms with van der Waals surface area (Å²) < 4.78 is 5.27. The van der Waals surface area contributed by atoms with Crippen LogP contribution in [0.3, 0.4) is 0 Å². The minimum absolute atomic E-state index is 0. The van der Waals surface area contributed by atoms with E-state index in [1.807, 2.05) is 0 Å². The minimum atomic E-state index is -0.0116. The van der Waals surface area contributed by atoms with Gasteiger partial charge in [-0.1, -0.05) is 0 Å². The number of amides is 1. The lowest BCUT2D eigenvalue weighted by atomic mass is 10.1. The summed E-state index contributed by atoms with van der Waals surface area (Å²) in [5.74, 6) is 0.131. The third kappa shape index (κ3) is 3.93. The second-order valence-electron chi connectivity index (χ2n) is 3.21. The molecule has 0 aliphatic carbocycles. The molecular formula is C8H17ClN2O2. The van der Waals surface area contributed by atoms with Crippen molar-refractivity contribution in [3.05, 3.63) is 0 Å². The van der Waals surface area contributed by atoms with Gasteiger partial charge in [-0.15, -0.1) is 12.4 Å². The maximum atomic E-state index is 11.5. The Hall–Kier alpha value is -0.320. The van der Waals surface area contributed by atoms with Gasteiger partial charge in [0.05, 0.1) is 19.1 Å². The lowest BCUT2D eigenvalue weighted by molar-refractivity contribution is -0.134. The number of carbonyl (C=O) groups is 1. The first-order chi connectivity index (χ1) is 5.72. The standard InChI is InChI=1S/C8H16N2O2.ClH/c1-10(2)8(11)7-5-9-3-4-12-6-7;/h7,9H,3-6H2,1-2H3;1H. The third-order valence-electron chi connectivity index (χ3n) is 1.92. The zero-order chi connectivity index (χ0) is 8.97. The van der Waals surface area contributed by atoms with Crippen LogP contribution in [0.1, 0.15) is 0 Å². The van der Waals surface area contributed by atoms with Gasteiger partial charge in [0, 0.05) is 27.2 Å². The van der Waals surface area contributed by atoms with Crippen LogP contribution in [-0.4, -0.2) is 51.2 Å². The van der Waals surface area contributed by atoms with Gasteiger partial charge < -0.3 is 15.0 Å². The first kappa shape index (κ1) is 12.7. The highest BCUT2D eigenvalue weighted by molar-refractivity contribution is 5.85. The molecule has 0 aromatic rings. The Kier molecular flexibility index (Phi) is 6.03. The molecule has 0 radical (unpaired) electrons. The summed E-state index contributed by atoms with van der Waals surface area (Å²) in [4.78, 5) is 13.1. The van der Waals surface area contributed by atoms with Crippen LogP contribution in [0.5, 0.6) is 0 Å². The van der Waals surface area contributed by atoms with Gasteiger partial charge in [0.2, 0.25) is 5.91 Å². The van der Waals surface area contributed by atoms with Gasteiger partial charge in [-0.2, -0.15) is 0 Å². The quantitative estimate of drug-likeness (QED) is 0.645. The average molecular weight is 209 g/mol. The predicted octanol–water partition coefficient (Wildman–Crippen LogP) is -0.268. The Morgan fingerprint density at radius 3 is 2.85 bits per heavy atom. The molecule has 1 aliphatic rings. The predicted molar refractivity (Wildman–Crippen MR) is 53.1 cm³/mol. The SMILES string of the molecule is CN(C)C(=O)C1CNCCOC1.Cl. The zero-order valence-electron chi connectivity index (χ0n) is 8.08. The van der Waals surface area contributed by atoms with Gasteiger partial charge in [-0.25, -0.2) is 0 Å². The van der Waals surface area contributed by atoms with E-state index < -0.39 is 0 Å². The van der Waals surface area contributed by atoms with Crippen LogP contribution in [0.4, 0.5) is 0 Å². The molecular weight excluding hydrogens is 192 g/mol. The normalized spacial score (nSPS) is 22.8. The first-order valence-electron chi connectivity index (χ1n) is 4.21. The maximum Gasteiger partial charge on any atom is 0.228 e. The van der Waals surface area contributed by atoms with Crippen molar-refractivity contribution in [1.82, 2.24) is 10.2 Å². The number of hydrogen-bond donors (Lipinski definition) is 1. The summed E-state index contributed by atoms with van der Waals surface area (Å²) in [6.07, 6.45) is 0. The molecule has 1 aliphatic heterocycles. The Labute approximate surface area is 85.0 Å². The van der Waals surface area contributed by atoms with Crippen LogP contribution in [0, 0.1) is 5.92 Å². The van der Waals surface area contributed by atoms with Crippen LogP contribution < -0.4 is 5.32 Å². The van der Waals surface area contributed by atoms with E-state index >= 15 is 0 Å². The molecule has 13 heavy (non-hydrogen) atoms. The van der Waals surface area contributed by atoms with Crippen LogP contribution in [0.2, 0.25) is 0 Å². The van der Waals surface area contributed by atoms with E-state index in [9.17, 15) is 4.79 Å². The molecule has 1 unspecified atom stereocenters. The number of nitrogens with one attached hydrogen (secondary N) is 1. The van der Waals surface area contributed by atoms with E-state index in [1.54, 1.807) is 19.0 Å². The summed E-state index contributed by atoms with van der Waals surface area (Å²) in [6, 6.07) is 0. The first-order valence-corrected chi connectivity index (χ1v) is 4.21. The smallest absolute Gasteiger partial charge is 0.228 e. The van der Waals surface area contributed by atoms with Crippen molar-refractivity contribution >= 4 is 18.3 Å². The van der Waals surface area contributed by atoms with E-state index in [0.717, 1.165) is 13.1 Å². The van der Waals surface area contributed by atoms with Crippen LogP contribution in [0.15, 0.2) is 0 Å². The van der Waals surface area contributed by atoms with Crippen LogP contribution >= 0.6 is 12.4 Å². The van der Waals surface area contributed by atoms with Gasteiger partial charge in [-0.3, -0.25) is 4.79 Å². The highest BCUT2D eigenvalue weighted by Crippen LogP contribution is 2.02. The Bertz CT molecular complexity index is 156. The molecule has 0 spiro atoms. The molecule has 1 N–H and O–H groups in total. The molecule has 1 fully saturated rings. The summed E-state index contributed by atoms with van der Waals surface area (Å²) >= 11 is 0.